The van der Waals surface area contributed by atoms with Gasteiger partial charge in [0, 0.05) is 11.8 Å². The highest BCUT2D eigenvalue weighted by Crippen LogP contribution is 2.22. The van der Waals surface area contributed by atoms with Crippen LogP contribution in [0.3, 0.4) is 0 Å². The van der Waals surface area contributed by atoms with Crippen LogP contribution in [0, 0.1) is 6.92 Å². The first-order chi connectivity index (χ1) is 8.19. The fourth-order valence-corrected chi connectivity index (χ4v) is 2.29. The Bertz CT molecular complexity index is 496. The molecular formula is C13H15NO2S. The molecule has 3 nitrogen and oxygen atoms in total. The number of thiazole rings is 1. The number of benzene rings is 1. The van der Waals surface area contributed by atoms with E-state index in [1.165, 1.54) is 0 Å². The molecule has 0 saturated carbocycles. The number of ether oxygens (including phenoxy) is 1. The van der Waals surface area contributed by atoms with Gasteiger partial charge in [0.2, 0.25) is 0 Å². The van der Waals surface area contributed by atoms with Gasteiger partial charge in [-0.2, -0.15) is 0 Å². The van der Waals surface area contributed by atoms with Crippen molar-refractivity contribution < 1.29 is 9.84 Å². The lowest BCUT2D eigenvalue weighted by atomic mass is 10.1. The van der Waals surface area contributed by atoms with Crippen LogP contribution in [0.4, 0.5) is 0 Å². The third-order valence-electron chi connectivity index (χ3n) is 2.55. The van der Waals surface area contributed by atoms with Crippen molar-refractivity contribution in [1.82, 2.24) is 4.98 Å². The Morgan fingerprint density at radius 1 is 1.47 bits per heavy atom. The molecule has 17 heavy (non-hydrogen) atoms. The van der Waals surface area contributed by atoms with Crippen molar-refractivity contribution in [2.45, 2.75) is 19.4 Å². The Kier molecular flexibility index (Phi) is 3.76. The van der Waals surface area contributed by atoms with Crippen molar-refractivity contribution in [3.05, 3.63) is 45.9 Å². The fourth-order valence-electron chi connectivity index (χ4n) is 1.67. The van der Waals surface area contributed by atoms with E-state index in [-0.39, 0.29) is 0 Å². The highest BCUT2D eigenvalue weighted by Gasteiger charge is 2.11. The van der Waals surface area contributed by atoms with Crippen molar-refractivity contribution in [2.24, 2.45) is 0 Å². The quantitative estimate of drug-likeness (QED) is 0.906. The van der Waals surface area contributed by atoms with Gasteiger partial charge < -0.3 is 9.84 Å². The molecule has 1 heterocycles. The van der Waals surface area contributed by atoms with Gasteiger partial charge >= 0.3 is 0 Å². The van der Waals surface area contributed by atoms with E-state index < -0.39 is 6.10 Å². The zero-order valence-corrected chi connectivity index (χ0v) is 10.7. The molecule has 1 aromatic carbocycles. The van der Waals surface area contributed by atoms with Crippen molar-refractivity contribution >= 4 is 11.3 Å². The van der Waals surface area contributed by atoms with Gasteiger partial charge in [0.05, 0.1) is 23.9 Å². The average Bonchev–Trinajstić information content (AvgIpc) is 2.75. The number of aromatic nitrogens is 1. The maximum Gasteiger partial charge on any atom is 0.119 e. The van der Waals surface area contributed by atoms with E-state index in [4.69, 9.17) is 4.74 Å². The Labute approximate surface area is 105 Å². The third-order valence-corrected chi connectivity index (χ3v) is 3.37. The summed E-state index contributed by atoms with van der Waals surface area (Å²) < 4.78 is 5.13. The normalized spacial score (nSPS) is 12.4. The summed E-state index contributed by atoms with van der Waals surface area (Å²) in [5.41, 5.74) is 1.79. The summed E-state index contributed by atoms with van der Waals surface area (Å²) in [7, 11) is 1.62. The average molecular weight is 249 g/mol. The number of nitrogens with zero attached hydrogens (tertiary/aromatic N) is 1. The maximum absolute atomic E-state index is 10.1. The van der Waals surface area contributed by atoms with E-state index in [1.54, 1.807) is 18.4 Å². The molecule has 0 fully saturated rings. The molecule has 90 valence electrons. The topological polar surface area (TPSA) is 42.4 Å². The zero-order chi connectivity index (χ0) is 12.3. The highest BCUT2D eigenvalue weighted by atomic mass is 32.1. The number of hydrogen-bond donors (Lipinski definition) is 1. The van der Waals surface area contributed by atoms with Crippen LogP contribution in [0.15, 0.2) is 29.6 Å². The largest absolute Gasteiger partial charge is 0.497 e. The van der Waals surface area contributed by atoms with Gasteiger partial charge in [0.25, 0.3) is 0 Å². The Morgan fingerprint density at radius 3 is 2.94 bits per heavy atom. The standard InChI is InChI=1S/C13H15NO2S/c1-9-14-11(8-17-9)7-13(15)10-4-3-5-12(6-10)16-2/h3-6,8,13,15H,7H2,1-2H3. The van der Waals surface area contributed by atoms with Crippen LogP contribution in [0.1, 0.15) is 22.4 Å². The zero-order valence-electron chi connectivity index (χ0n) is 9.88. The number of hydrogen-bond acceptors (Lipinski definition) is 4. The Hall–Kier alpha value is -1.39. The van der Waals surface area contributed by atoms with Crippen molar-refractivity contribution in [2.75, 3.05) is 7.11 Å². The van der Waals surface area contributed by atoms with Crippen molar-refractivity contribution in [3.8, 4) is 5.75 Å². The van der Waals surface area contributed by atoms with E-state index in [9.17, 15) is 5.11 Å². The highest BCUT2D eigenvalue weighted by molar-refractivity contribution is 7.09. The molecule has 0 aliphatic heterocycles. The third kappa shape index (κ3) is 3.05. The van der Waals surface area contributed by atoms with E-state index in [0.29, 0.717) is 6.42 Å². The number of aliphatic hydroxyl groups excluding tert-OH is 1. The van der Waals surface area contributed by atoms with Crippen LogP contribution in [0.25, 0.3) is 0 Å². The van der Waals surface area contributed by atoms with Crippen LogP contribution < -0.4 is 4.74 Å². The predicted octanol–water partition coefficient (Wildman–Crippen LogP) is 2.74. The number of methoxy groups -OCH3 is 1. The van der Waals surface area contributed by atoms with Crippen LogP contribution in [0.2, 0.25) is 0 Å². The number of aryl methyl sites for hydroxylation is 1. The molecule has 0 aliphatic rings. The van der Waals surface area contributed by atoms with Crippen LogP contribution in [-0.2, 0) is 6.42 Å². The molecule has 1 unspecified atom stereocenters. The van der Waals surface area contributed by atoms with E-state index in [2.05, 4.69) is 4.98 Å². The van der Waals surface area contributed by atoms with Crippen LogP contribution >= 0.6 is 11.3 Å². The minimum absolute atomic E-state index is 0.536. The number of aliphatic hydroxyl groups is 1. The summed E-state index contributed by atoms with van der Waals surface area (Å²) in [5, 5.41) is 13.1. The van der Waals surface area contributed by atoms with Crippen molar-refractivity contribution in [1.29, 1.82) is 0 Å². The molecular weight excluding hydrogens is 234 g/mol. The molecule has 0 aliphatic carbocycles. The van der Waals surface area contributed by atoms with Gasteiger partial charge in [-0.3, -0.25) is 0 Å². The smallest absolute Gasteiger partial charge is 0.119 e. The first kappa shape index (κ1) is 12.1. The predicted molar refractivity (Wildman–Crippen MR) is 68.5 cm³/mol. The molecule has 2 aromatic rings. The first-order valence-electron chi connectivity index (χ1n) is 5.42. The molecule has 0 bridgehead atoms. The minimum Gasteiger partial charge on any atom is -0.497 e. The van der Waals surface area contributed by atoms with Gasteiger partial charge in [-0.15, -0.1) is 11.3 Å². The molecule has 0 saturated heterocycles. The van der Waals surface area contributed by atoms with Gasteiger partial charge in [0.15, 0.2) is 0 Å². The summed E-state index contributed by atoms with van der Waals surface area (Å²) in [5.74, 6) is 0.760. The minimum atomic E-state index is -0.536. The van der Waals surface area contributed by atoms with E-state index in [1.807, 2.05) is 36.6 Å². The molecule has 1 N–H and O–H groups in total. The maximum atomic E-state index is 10.1. The second-order valence-electron chi connectivity index (χ2n) is 3.85. The Morgan fingerprint density at radius 2 is 2.29 bits per heavy atom. The van der Waals surface area contributed by atoms with Crippen molar-refractivity contribution in [3.63, 3.8) is 0 Å². The van der Waals surface area contributed by atoms with Gasteiger partial charge in [-0.05, 0) is 24.6 Å². The monoisotopic (exact) mass is 249 g/mol. The lowest BCUT2D eigenvalue weighted by molar-refractivity contribution is 0.177. The second kappa shape index (κ2) is 5.29. The lowest BCUT2D eigenvalue weighted by Gasteiger charge is -2.10. The molecule has 1 aromatic heterocycles. The first-order valence-corrected chi connectivity index (χ1v) is 6.30. The fraction of sp³-hybridized carbons (Fsp3) is 0.308. The van der Waals surface area contributed by atoms with Crippen LogP contribution in [-0.4, -0.2) is 17.2 Å². The summed E-state index contributed by atoms with van der Waals surface area (Å²) in [6.07, 6.45) is 0.00364. The molecule has 1 atom stereocenters. The van der Waals surface area contributed by atoms with Gasteiger partial charge in [-0.1, -0.05) is 12.1 Å². The van der Waals surface area contributed by atoms with E-state index in [0.717, 1.165) is 22.0 Å². The Balaban J connectivity index is 2.11. The summed E-state index contributed by atoms with van der Waals surface area (Å²) in [4.78, 5) is 4.35. The molecule has 4 heteroatoms. The van der Waals surface area contributed by atoms with Gasteiger partial charge in [0.1, 0.15) is 5.75 Å². The number of rotatable bonds is 4. The molecule has 0 radical (unpaired) electrons. The molecule has 0 spiro atoms. The van der Waals surface area contributed by atoms with Crippen LogP contribution in [0.5, 0.6) is 5.75 Å². The lowest BCUT2D eigenvalue weighted by Crippen LogP contribution is -2.02. The van der Waals surface area contributed by atoms with E-state index >= 15 is 0 Å². The molecule has 0 amide bonds. The van der Waals surface area contributed by atoms with Gasteiger partial charge in [-0.25, -0.2) is 4.98 Å². The molecule has 2 rings (SSSR count). The summed E-state index contributed by atoms with van der Waals surface area (Å²) in [6.45, 7) is 1.96. The summed E-state index contributed by atoms with van der Waals surface area (Å²) >= 11 is 1.60. The second-order valence-corrected chi connectivity index (χ2v) is 4.92. The SMILES string of the molecule is COc1cccc(C(O)Cc2csc(C)n2)c1. The summed E-state index contributed by atoms with van der Waals surface area (Å²) in [6, 6.07) is 7.49.